The van der Waals surface area contributed by atoms with Gasteiger partial charge in [-0.2, -0.15) is 11.8 Å². The molecule has 3 unspecified atom stereocenters. The maximum absolute atomic E-state index is 13.5. The van der Waals surface area contributed by atoms with Crippen LogP contribution in [0.25, 0.3) is 0 Å². The van der Waals surface area contributed by atoms with Crippen LogP contribution in [0.1, 0.15) is 91.8 Å². The molecule has 1 aliphatic heterocycles. The Morgan fingerprint density at radius 3 is 2.57 bits per heavy atom. The second-order valence-electron chi connectivity index (χ2n) is 12.2. The first-order valence-corrected chi connectivity index (χ1v) is 18.0. The molecule has 0 saturated heterocycles. The van der Waals surface area contributed by atoms with Crippen molar-refractivity contribution in [3.05, 3.63) is 28.2 Å². The van der Waals surface area contributed by atoms with E-state index in [4.69, 9.17) is 9.47 Å². The number of hydrogen-bond donors (Lipinski definition) is 2. The van der Waals surface area contributed by atoms with Crippen molar-refractivity contribution in [3.8, 4) is 0 Å². The number of alkyl carbamates (subject to hydrolysis) is 1. The van der Waals surface area contributed by atoms with E-state index in [1.54, 1.807) is 33.8 Å². The smallest absolute Gasteiger partial charge is 0.408 e. The minimum absolute atomic E-state index is 0.0810. The summed E-state index contributed by atoms with van der Waals surface area (Å²) >= 11 is 4.70. The van der Waals surface area contributed by atoms with Crippen molar-refractivity contribution in [2.24, 2.45) is 10.9 Å². The van der Waals surface area contributed by atoms with Crippen LogP contribution in [0.15, 0.2) is 22.5 Å². The molecule has 0 saturated carbocycles. The minimum Gasteiger partial charge on any atom is -0.456 e. The van der Waals surface area contributed by atoms with Gasteiger partial charge < -0.3 is 20.1 Å². The lowest BCUT2D eigenvalue weighted by Crippen LogP contribution is -2.53. The lowest BCUT2D eigenvalue weighted by Gasteiger charge is -2.27. The summed E-state index contributed by atoms with van der Waals surface area (Å²) in [6.07, 6.45) is 5.60. The average Bonchev–Trinajstić information content (AvgIpc) is 3.55. The summed E-state index contributed by atoms with van der Waals surface area (Å²) in [6, 6.07) is -0.901. The zero-order chi connectivity index (χ0) is 32.9. The fourth-order valence-corrected chi connectivity index (χ4v) is 6.63. The Bertz CT molecular complexity index is 1190. The number of hydrogen-bond acceptors (Lipinski definition) is 11. The number of amides is 2. The number of carbonyl (C=O) groups is 4. The highest BCUT2D eigenvalue weighted by Crippen LogP contribution is 2.32. The number of unbranched alkanes of at least 4 members (excludes halogenated alkanes) is 2. The Balaban J connectivity index is 2.02. The summed E-state index contributed by atoms with van der Waals surface area (Å²) in [5.41, 5.74) is -1.08. The maximum Gasteiger partial charge on any atom is 0.408 e. The maximum atomic E-state index is 13.5. The van der Waals surface area contributed by atoms with Crippen molar-refractivity contribution in [2.75, 3.05) is 17.3 Å². The number of Topliss-reactive ketones (excluding diaryl/α,β-unsaturated/α-hetero) is 1. The van der Waals surface area contributed by atoms with Crippen LogP contribution in [0.5, 0.6) is 0 Å². The predicted molar refractivity (Wildman–Crippen MR) is 181 cm³/mol. The number of ether oxygens (including phenoxy) is 2. The minimum atomic E-state index is -1.11. The number of thiazole rings is 1. The zero-order valence-corrected chi connectivity index (χ0v) is 29.6. The molecule has 1 aromatic heterocycles. The molecule has 3 atom stereocenters. The van der Waals surface area contributed by atoms with Gasteiger partial charge in [0.1, 0.15) is 44.8 Å². The third kappa shape index (κ3) is 13.3. The highest BCUT2D eigenvalue weighted by atomic mass is 32.2. The van der Waals surface area contributed by atoms with Crippen molar-refractivity contribution >= 4 is 63.7 Å². The third-order valence-corrected chi connectivity index (χ3v) is 9.42. The molecule has 10 nitrogen and oxygen atoms in total. The van der Waals surface area contributed by atoms with Gasteiger partial charge in [-0.15, -0.1) is 23.1 Å². The molecule has 2 heterocycles. The first-order chi connectivity index (χ1) is 20.6. The molecule has 2 rings (SSSR count). The number of aliphatic imine (C=N–C) groups is 1. The molecule has 1 aromatic rings. The number of rotatable bonds is 17. The summed E-state index contributed by atoms with van der Waals surface area (Å²) in [4.78, 5) is 59.8. The van der Waals surface area contributed by atoms with Crippen molar-refractivity contribution in [3.63, 3.8) is 0 Å². The highest BCUT2D eigenvalue weighted by molar-refractivity contribution is 8.14. The van der Waals surface area contributed by atoms with Gasteiger partial charge in [-0.1, -0.05) is 26.8 Å². The highest BCUT2D eigenvalue weighted by Gasteiger charge is 2.41. The fraction of sp³-hybridized carbons (Fsp3) is 0.677. The van der Waals surface area contributed by atoms with E-state index in [1.165, 1.54) is 30.0 Å². The second-order valence-corrected chi connectivity index (χ2v) is 15.5. The first-order valence-electron chi connectivity index (χ1n) is 15.0. The number of nitrogens with one attached hydrogen (secondary N) is 2. The first kappa shape index (κ1) is 37.8. The van der Waals surface area contributed by atoms with E-state index in [-0.39, 0.29) is 30.6 Å². The van der Waals surface area contributed by atoms with Gasteiger partial charge in [0.25, 0.3) is 0 Å². The molecule has 246 valence electrons. The topological polar surface area (TPSA) is 136 Å². The SMILES string of the molecule is CCSCCCCC=CC(CC(C)=O)OC(=O)C(NC(=O)C1(C)CSC(c2csc(CNC(=O)OC(C)(C)C)n2)=N1)C(C)C. The van der Waals surface area contributed by atoms with Gasteiger partial charge in [0.2, 0.25) is 5.91 Å². The van der Waals surface area contributed by atoms with E-state index >= 15 is 0 Å². The number of esters is 1. The summed E-state index contributed by atoms with van der Waals surface area (Å²) in [6.45, 7) is 14.6. The predicted octanol–water partition coefficient (Wildman–Crippen LogP) is 5.93. The summed E-state index contributed by atoms with van der Waals surface area (Å²) < 4.78 is 11.0. The Morgan fingerprint density at radius 1 is 1.20 bits per heavy atom. The van der Waals surface area contributed by atoms with Crippen LogP contribution >= 0.6 is 34.9 Å². The monoisotopic (exact) mass is 668 g/mol. The Hall–Kier alpha value is -2.38. The van der Waals surface area contributed by atoms with Gasteiger partial charge in [-0.3, -0.25) is 14.6 Å². The van der Waals surface area contributed by atoms with E-state index in [1.807, 2.05) is 37.1 Å². The molecule has 44 heavy (non-hydrogen) atoms. The van der Waals surface area contributed by atoms with Gasteiger partial charge in [0.15, 0.2) is 0 Å². The van der Waals surface area contributed by atoms with Crippen LogP contribution in [0.4, 0.5) is 4.79 Å². The number of aromatic nitrogens is 1. The van der Waals surface area contributed by atoms with Crippen molar-refractivity contribution in [1.29, 1.82) is 0 Å². The number of allylic oxidation sites excluding steroid dienone is 1. The van der Waals surface area contributed by atoms with Crippen LogP contribution in [0, 0.1) is 5.92 Å². The molecule has 2 amide bonds. The van der Waals surface area contributed by atoms with Crippen molar-refractivity contribution in [1.82, 2.24) is 15.6 Å². The van der Waals surface area contributed by atoms with Crippen molar-refractivity contribution in [2.45, 2.75) is 111 Å². The molecular weight excluding hydrogens is 621 g/mol. The van der Waals surface area contributed by atoms with Crippen LogP contribution < -0.4 is 10.6 Å². The molecule has 13 heteroatoms. The Labute approximate surface area is 274 Å². The van der Waals surface area contributed by atoms with Gasteiger partial charge in [-0.05, 0) is 77.4 Å². The second kappa shape index (κ2) is 17.9. The summed E-state index contributed by atoms with van der Waals surface area (Å²) in [5.74, 6) is 1.31. The quantitative estimate of drug-likeness (QED) is 0.118. The van der Waals surface area contributed by atoms with E-state index in [0.717, 1.165) is 30.8 Å². The normalized spacial score (nSPS) is 18.2. The third-order valence-electron chi connectivity index (χ3n) is 6.31. The van der Waals surface area contributed by atoms with E-state index in [9.17, 15) is 19.2 Å². The van der Waals surface area contributed by atoms with Crippen LogP contribution in [0.3, 0.4) is 0 Å². The molecule has 0 aromatic carbocycles. The van der Waals surface area contributed by atoms with Gasteiger partial charge in [0, 0.05) is 17.6 Å². The lowest BCUT2D eigenvalue weighted by molar-refractivity contribution is -0.153. The molecule has 0 radical (unpaired) electrons. The van der Waals surface area contributed by atoms with Crippen LogP contribution in [0.2, 0.25) is 0 Å². The molecule has 0 aliphatic carbocycles. The standard InChI is InChI=1S/C31H48N4O6S3/c1-9-42-15-13-11-10-12-14-22(16-21(4)36)40-27(37)25(20(2)3)34-28(38)31(8)19-44-26(35-31)23-18-43-24(33-23)17-32-29(39)41-30(5,6)7/h12,14,18,20,22,25H,9-11,13,15-17,19H2,1-8H3,(H,32,39)(H,34,38). The number of nitrogens with zero attached hydrogens (tertiary/aromatic N) is 2. The summed E-state index contributed by atoms with van der Waals surface area (Å²) in [7, 11) is 0. The molecule has 1 aliphatic rings. The van der Waals surface area contributed by atoms with E-state index < -0.39 is 35.3 Å². The molecular formula is C31H48N4O6S3. The van der Waals surface area contributed by atoms with Crippen molar-refractivity contribution < 1.29 is 28.7 Å². The largest absolute Gasteiger partial charge is 0.456 e. The lowest BCUT2D eigenvalue weighted by atomic mass is 10.0. The average molecular weight is 669 g/mol. The summed E-state index contributed by atoms with van der Waals surface area (Å²) in [5, 5.41) is 8.68. The van der Waals surface area contributed by atoms with Gasteiger partial charge in [0.05, 0.1) is 6.54 Å². The number of thioether (sulfide) groups is 2. The van der Waals surface area contributed by atoms with Gasteiger partial charge >= 0.3 is 12.1 Å². The molecule has 0 fully saturated rings. The Kier molecular flexibility index (Phi) is 15.4. The fourth-order valence-electron chi connectivity index (χ4n) is 4.01. The molecule has 0 spiro atoms. The molecule has 0 bridgehead atoms. The van der Waals surface area contributed by atoms with Crippen LogP contribution in [-0.4, -0.2) is 74.3 Å². The van der Waals surface area contributed by atoms with E-state index in [2.05, 4.69) is 27.5 Å². The Morgan fingerprint density at radius 2 is 1.93 bits per heavy atom. The van der Waals surface area contributed by atoms with Crippen LogP contribution in [-0.2, 0) is 30.4 Å². The van der Waals surface area contributed by atoms with Gasteiger partial charge in [-0.25, -0.2) is 14.6 Å². The molecule has 2 N–H and O–H groups in total. The number of carbonyl (C=O) groups excluding carboxylic acids is 4. The zero-order valence-electron chi connectivity index (χ0n) is 27.2. The van der Waals surface area contributed by atoms with E-state index in [0.29, 0.717) is 21.5 Å². The number of ketones is 1.